The summed E-state index contributed by atoms with van der Waals surface area (Å²) in [6.07, 6.45) is 0. The summed E-state index contributed by atoms with van der Waals surface area (Å²) in [5.41, 5.74) is 4.40. The van der Waals surface area contributed by atoms with Gasteiger partial charge in [-0.3, -0.25) is 0 Å². The molecule has 0 N–H and O–H groups in total. The molecule has 2 nitrogen and oxygen atoms in total. The van der Waals surface area contributed by atoms with E-state index >= 15 is 0 Å². The molecule has 0 aliphatic heterocycles. The Bertz CT molecular complexity index is 1080. The first-order valence-corrected chi connectivity index (χ1v) is 11.6. The van der Waals surface area contributed by atoms with E-state index in [1.165, 1.54) is 7.14 Å². The second-order valence-corrected chi connectivity index (χ2v) is 9.41. The van der Waals surface area contributed by atoms with E-state index < -0.39 is 21.2 Å². The lowest BCUT2D eigenvalue weighted by atomic mass is 9.93. The SMILES string of the molecule is COc1cc([I+]c2ccccc2)c(OC)c(-c2ccccc2)c1-c1ccccc1. The fourth-order valence-electron chi connectivity index (χ4n) is 3.41. The van der Waals surface area contributed by atoms with Crippen LogP contribution in [0.4, 0.5) is 0 Å². The van der Waals surface area contributed by atoms with Gasteiger partial charge in [-0.15, -0.1) is 0 Å². The van der Waals surface area contributed by atoms with Crippen molar-refractivity contribution in [1.29, 1.82) is 0 Å². The van der Waals surface area contributed by atoms with Gasteiger partial charge in [0.2, 0.25) is 3.57 Å². The van der Waals surface area contributed by atoms with Gasteiger partial charge >= 0.3 is 21.2 Å². The van der Waals surface area contributed by atoms with Crippen LogP contribution in [0.3, 0.4) is 0 Å². The zero-order valence-corrected chi connectivity index (χ0v) is 18.6. The molecule has 0 spiro atoms. The van der Waals surface area contributed by atoms with Crippen molar-refractivity contribution in [1.82, 2.24) is 0 Å². The fourth-order valence-corrected chi connectivity index (χ4v) is 6.03. The van der Waals surface area contributed by atoms with E-state index in [0.29, 0.717) is 0 Å². The third kappa shape index (κ3) is 4.15. The predicted octanol–water partition coefficient (Wildman–Crippen LogP) is 3.17. The Balaban J connectivity index is 2.01. The molecule has 0 aliphatic carbocycles. The molecule has 29 heavy (non-hydrogen) atoms. The molecular weight excluding hydrogens is 471 g/mol. The summed E-state index contributed by atoms with van der Waals surface area (Å²) in [6.45, 7) is 0. The van der Waals surface area contributed by atoms with Gasteiger partial charge in [0.25, 0.3) is 0 Å². The van der Waals surface area contributed by atoms with Crippen molar-refractivity contribution in [2.75, 3.05) is 14.2 Å². The summed E-state index contributed by atoms with van der Waals surface area (Å²) in [5, 5.41) is 0. The minimum Gasteiger partial charge on any atom is -0.496 e. The minimum absolute atomic E-state index is 0.419. The van der Waals surface area contributed by atoms with E-state index in [1.807, 2.05) is 12.1 Å². The molecule has 0 aromatic heterocycles. The molecule has 0 atom stereocenters. The molecule has 4 aromatic carbocycles. The van der Waals surface area contributed by atoms with Gasteiger partial charge in [0.1, 0.15) is 5.75 Å². The Morgan fingerprint density at radius 1 is 0.586 bits per heavy atom. The van der Waals surface area contributed by atoms with Gasteiger partial charge in [-0.05, 0) is 23.3 Å². The molecule has 0 saturated carbocycles. The lowest BCUT2D eigenvalue weighted by molar-refractivity contribution is -0.598. The second-order valence-electron chi connectivity index (χ2n) is 6.47. The van der Waals surface area contributed by atoms with Crippen LogP contribution in [-0.2, 0) is 0 Å². The topological polar surface area (TPSA) is 18.5 Å². The van der Waals surface area contributed by atoms with Gasteiger partial charge in [0.15, 0.2) is 9.32 Å². The molecule has 144 valence electrons. The van der Waals surface area contributed by atoms with Gasteiger partial charge in [-0.2, -0.15) is 0 Å². The van der Waals surface area contributed by atoms with E-state index in [9.17, 15) is 0 Å². The number of methoxy groups -OCH3 is 2. The van der Waals surface area contributed by atoms with Crippen molar-refractivity contribution in [3.63, 3.8) is 0 Å². The van der Waals surface area contributed by atoms with E-state index in [4.69, 9.17) is 9.47 Å². The molecule has 0 fully saturated rings. The Morgan fingerprint density at radius 2 is 1.10 bits per heavy atom. The Labute approximate surface area is 182 Å². The Hall–Kier alpha value is -2.79. The van der Waals surface area contributed by atoms with E-state index in [1.54, 1.807) is 14.2 Å². The van der Waals surface area contributed by atoms with Crippen LogP contribution in [0.1, 0.15) is 0 Å². The number of ether oxygens (including phenoxy) is 2. The maximum Gasteiger partial charge on any atom is 0.362 e. The van der Waals surface area contributed by atoms with Crippen molar-refractivity contribution in [2.24, 2.45) is 0 Å². The van der Waals surface area contributed by atoms with Crippen molar-refractivity contribution in [2.45, 2.75) is 0 Å². The zero-order chi connectivity index (χ0) is 20.1. The molecule has 3 heteroatoms. The third-order valence-electron chi connectivity index (χ3n) is 4.69. The monoisotopic (exact) mass is 493 g/mol. The highest BCUT2D eigenvalue weighted by Crippen LogP contribution is 2.44. The first kappa shape index (κ1) is 19.5. The first-order chi connectivity index (χ1) is 14.3. The standard InChI is InChI=1S/C26H22IO2/c1-28-23-18-22(27-21-16-10-5-11-17-21)26(29-2)25(20-14-8-4-9-15-20)24(23)19-12-6-3-7-13-19/h3-18H,1-2H3/q+1. The maximum atomic E-state index is 6.04. The second kappa shape index (κ2) is 9.14. The summed E-state index contributed by atoms with van der Waals surface area (Å²) in [4.78, 5) is 0. The highest BCUT2D eigenvalue weighted by molar-refractivity contribution is 5.91. The van der Waals surface area contributed by atoms with Gasteiger partial charge in [-0.25, -0.2) is 0 Å². The smallest absolute Gasteiger partial charge is 0.362 e. The van der Waals surface area contributed by atoms with E-state index in [2.05, 4.69) is 84.9 Å². The lowest BCUT2D eigenvalue weighted by Gasteiger charge is -2.18. The molecule has 0 heterocycles. The number of benzene rings is 4. The first-order valence-electron chi connectivity index (χ1n) is 9.41. The predicted molar refractivity (Wildman–Crippen MR) is 114 cm³/mol. The van der Waals surface area contributed by atoms with E-state index in [-0.39, 0.29) is 0 Å². The summed E-state index contributed by atoms with van der Waals surface area (Å²) in [7, 11) is 3.51. The third-order valence-corrected chi connectivity index (χ3v) is 7.42. The maximum absolute atomic E-state index is 6.04. The van der Waals surface area contributed by atoms with Crippen LogP contribution in [0.25, 0.3) is 22.3 Å². The summed E-state index contributed by atoms with van der Waals surface area (Å²) < 4.78 is 14.5. The number of hydrogen-bond donors (Lipinski definition) is 0. The lowest BCUT2D eigenvalue weighted by Crippen LogP contribution is -3.61. The largest absolute Gasteiger partial charge is 0.496 e. The molecule has 0 amide bonds. The van der Waals surface area contributed by atoms with Gasteiger partial charge in [0, 0.05) is 17.2 Å². The molecular formula is C26H22IO2+. The van der Waals surface area contributed by atoms with Crippen molar-refractivity contribution in [3.05, 3.63) is 104 Å². The van der Waals surface area contributed by atoms with Gasteiger partial charge in [-0.1, -0.05) is 78.9 Å². The molecule has 0 bridgehead atoms. The quantitative estimate of drug-likeness (QED) is 0.385. The van der Waals surface area contributed by atoms with Crippen LogP contribution in [-0.4, -0.2) is 14.2 Å². The van der Waals surface area contributed by atoms with Gasteiger partial charge in [0.05, 0.1) is 14.2 Å². The van der Waals surface area contributed by atoms with Crippen molar-refractivity contribution in [3.8, 4) is 33.8 Å². The fraction of sp³-hybridized carbons (Fsp3) is 0.0769. The van der Waals surface area contributed by atoms with Crippen LogP contribution in [0, 0.1) is 7.14 Å². The molecule has 0 radical (unpaired) electrons. The normalized spacial score (nSPS) is 10.6. The number of rotatable bonds is 6. The van der Waals surface area contributed by atoms with Crippen LogP contribution >= 0.6 is 0 Å². The summed E-state index contributed by atoms with van der Waals surface area (Å²) >= 11 is -0.419. The van der Waals surface area contributed by atoms with Crippen LogP contribution < -0.4 is 30.7 Å². The highest BCUT2D eigenvalue weighted by atomic mass is 127. The number of halogens is 1. The van der Waals surface area contributed by atoms with E-state index in [0.717, 1.165) is 33.8 Å². The Morgan fingerprint density at radius 3 is 1.62 bits per heavy atom. The van der Waals surface area contributed by atoms with Crippen molar-refractivity contribution < 1.29 is 30.7 Å². The average molecular weight is 493 g/mol. The Kier molecular flexibility index (Phi) is 6.15. The summed E-state index contributed by atoms with van der Waals surface area (Å²) in [6, 6.07) is 33.6. The molecule has 4 rings (SSSR count). The molecule has 4 aromatic rings. The van der Waals surface area contributed by atoms with Crippen LogP contribution in [0.5, 0.6) is 11.5 Å². The summed E-state index contributed by atoms with van der Waals surface area (Å²) in [5.74, 6) is 1.81. The average Bonchev–Trinajstić information content (AvgIpc) is 2.80. The van der Waals surface area contributed by atoms with Crippen molar-refractivity contribution >= 4 is 0 Å². The number of hydrogen-bond acceptors (Lipinski definition) is 2. The van der Waals surface area contributed by atoms with Gasteiger partial charge < -0.3 is 9.47 Å². The highest BCUT2D eigenvalue weighted by Gasteiger charge is 2.29. The minimum atomic E-state index is -0.419. The zero-order valence-electron chi connectivity index (χ0n) is 16.4. The molecule has 0 saturated heterocycles. The van der Waals surface area contributed by atoms with Crippen LogP contribution in [0.2, 0.25) is 0 Å². The molecule has 0 unspecified atom stereocenters. The molecule has 0 aliphatic rings. The van der Waals surface area contributed by atoms with Crippen LogP contribution in [0.15, 0.2) is 97.1 Å².